The first-order chi connectivity index (χ1) is 32.2. The normalized spacial score (nSPS) is 12.4. The van der Waals surface area contributed by atoms with Crippen LogP contribution in [0.2, 0.25) is 0 Å². The first kappa shape index (κ1) is 52.6. The van der Waals surface area contributed by atoms with Crippen molar-refractivity contribution in [2.75, 3.05) is 20.1 Å². The molecule has 4 rings (SSSR count). The molecule has 3 atom stereocenters. The van der Waals surface area contributed by atoms with Crippen LogP contribution in [0.25, 0.3) is 11.3 Å². The molecule has 17 nitrogen and oxygen atoms in total. The third-order valence-corrected chi connectivity index (χ3v) is 10.4. The van der Waals surface area contributed by atoms with Crippen LogP contribution in [0.1, 0.15) is 112 Å². The van der Waals surface area contributed by atoms with Crippen LogP contribution < -0.4 is 20.7 Å². The Morgan fingerprint density at radius 3 is 2.06 bits per heavy atom. The molecule has 1 heterocycles. The van der Waals surface area contributed by atoms with Gasteiger partial charge in [-0.05, 0) is 75.9 Å². The smallest absolute Gasteiger partial charge is 0.329 e. The highest BCUT2D eigenvalue weighted by Crippen LogP contribution is 2.30. The molecule has 1 aromatic heterocycles. The quantitative estimate of drug-likeness (QED) is 0.0137. The van der Waals surface area contributed by atoms with Crippen molar-refractivity contribution in [2.24, 2.45) is 11.3 Å². The van der Waals surface area contributed by atoms with Crippen molar-refractivity contribution in [3.8, 4) is 17.1 Å². The molecule has 0 aliphatic carbocycles. The van der Waals surface area contributed by atoms with Gasteiger partial charge in [-0.15, -0.1) is 0 Å². The number of furan rings is 1. The van der Waals surface area contributed by atoms with Gasteiger partial charge < -0.3 is 39.3 Å². The summed E-state index contributed by atoms with van der Waals surface area (Å²) >= 11 is 0. The van der Waals surface area contributed by atoms with Crippen molar-refractivity contribution in [3.63, 3.8) is 0 Å². The van der Waals surface area contributed by atoms with Gasteiger partial charge in [0.25, 0.3) is 11.8 Å². The standard InChI is InChI=1S/C50H62N4O13/c1-7-10-13-22-37(40(8-2)54(32-55)66-33-65-49(61)50(4,5)6)45(57)51-31-52-47(59)42-26-25-41(67-42)36-23-24-38(43(27-36)62-9-3)46(58)53-39(48(60)64-30-35-20-16-12-17-21-35)28-44(56)63-29-34-18-14-11-15-19-34/h11-12,14-21,23-27,32,37,39-40H,7-10,13,22,28-31,33H2,1-6H3,(H,51,57)(H,52,59)(H,53,58)/t37?,39-,40+/m0/s1. The molecule has 3 N–H and O–H groups in total. The van der Waals surface area contributed by atoms with Crippen molar-refractivity contribution in [1.29, 1.82) is 0 Å². The first-order valence-corrected chi connectivity index (χ1v) is 22.4. The summed E-state index contributed by atoms with van der Waals surface area (Å²) in [6.07, 6.45) is 3.19. The molecule has 0 aliphatic rings. The zero-order chi connectivity index (χ0) is 48.8. The predicted octanol–water partition coefficient (Wildman–Crippen LogP) is 7.04. The van der Waals surface area contributed by atoms with Crippen molar-refractivity contribution in [1.82, 2.24) is 21.0 Å². The highest BCUT2D eigenvalue weighted by Gasteiger charge is 2.33. The molecule has 0 saturated heterocycles. The molecule has 0 radical (unpaired) electrons. The first-order valence-electron chi connectivity index (χ1n) is 22.4. The second-order valence-electron chi connectivity index (χ2n) is 16.5. The average Bonchev–Trinajstić information content (AvgIpc) is 3.83. The minimum atomic E-state index is -1.40. The van der Waals surface area contributed by atoms with Gasteiger partial charge in [0.2, 0.25) is 19.1 Å². The largest absolute Gasteiger partial charge is 0.493 e. The number of hydrogen-bond donors (Lipinski definition) is 3. The summed E-state index contributed by atoms with van der Waals surface area (Å²) in [5.74, 6) is -4.25. The lowest BCUT2D eigenvalue weighted by molar-refractivity contribution is -0.236. The predicted molar refractivity (Wildman–Crippen MR) is 245 cm³/mol. The van der Waals surface area contributed by atoms with Crippen LogP contribution in [0, 0.1) is 11.3 Å². The molecular formula is C50H62N4O13. The molecule has 0 aliphatic heterocycles. The maximum atomic E-state index is 13.8. The number of nitrogens with zero attached hydrogens (tertiary/aromatic N) is 1. The topological polar surface area (TPSA) is 218 Å². The number of benzene rings is 3. The van der Waals surface area contributed by atoms with Crippen molar-refractivity contribution < 1.29 is 61.8 Å². The second-order valence-corrected chi connectivity index (χ2v) is 16.5. The lowest BCUT2D eigenvalue weighted by Crippen LogP contribution is -2.48. The Labute approximate surface area is 391 Å². The van der Waals surface area contributed by atoms with E-state index in [1.54, 1.807) is 101 Å². The molecule has 67 heavy (non-hydrogen) atoms. The zero-order valence-corrected chi connectivity index (χ0v) is 39.0. The Balaban J connectivity index is 1.42. The molecule has 4 amide bonds. The number of unbranched alkanes of at least 4 members (excludes halogenated alkanes) is 2. The molecular weight excluding hydrogens is 865 g/mol. The molecule has 17 heteroatoms. The average molecular weight is 927 g/mol. The van der Waals surface area contributed by atoms with Gasteiger partial charge in [-0.25, -0.2) is 14.7 Å². The summed E-state index contributed by atoms with van der Waals surface area (Å²) in [7, 11) is 0. The van der Waals surface area contributed by atoms with Crippen molar-refractivity contribution in [2.45, 2.75) is 105 Å². The fourth-order valence-electron chi connectivity index (χ4n) is 6.72. The summed E-state index contributed by atoms with van der Waals surface area (Å²) in [4.78, 5) is 96.7. The van der Waals surface area contributed by atoms with E-state index in [2.05, 4.69) is 16.0 Å². The van der Waals surface area contributed by atoms with Crippen LogP contribution in [0.5, 0.6) is 5.75 Å². The third kappa shape index (κ3) is 16.7. The minimum Gasteiger partial charge on any atom is -0.493 e. The van der Waals surface area contributed by atoms with E-state index in [9.17, 15) is 33.6 Å². The van der Waals surface area contributed by atoms with Gasteiger partial charge in [0.05, 0.1) is 42.6 Å². The third-order valence-electron chi connectivity index (χ3n) is 10.4. The highest BCUT2D eigenvalue weighted by atomic mass is 16.8. The van der Waals surface area contributed by atoms with Crippen LogP contribution in [0.3, 0.4) is 0 Å². The van der Waals surface area contributed by atoms with Gasteiger partial charge in [-0.1, -0.05) is 99.8 Å². The van der Waals surface area contributed by atoms with Gasteiger partial charge in [-0.3, -0.25) is 28.8 Å². The molecule has 0 spiro atoms. The number of hydrogen-bond acceptors (Lipinski definition) is 13. The number of amides is 4. The number of nitrogens with one attached hydrogen (secondary N) is 3. The van der Waals surface area contributed by atoms with Gasteiger partial charge in [0.15, 0.2) is 5.76 Å². The minimum absolute atomic E-state index is 0.0268. The van der Waals surface area contributed by atoms with E-state index < -0.39 is 72.3 Å². The van der Waals surface area contributed by atoms with Gasteiger partial charge in [0.1, 0.15) is 30.8 Å². The Bertz CT molecular complexity index is 2240. The van der Waals surface area contributed by atoms with E-state index in [-0.39, 0.29) is 49.3 Å². The number of esters is 3. The number of carbonyl (C=O) groups is 7. The van der Waals surface area contributed by atoms with E-state index in [1.807, 2.05) is 19.1 Å². The van der Waals surface area contributed by atoms with Gasteiger partial charge in [0, 0.05) is 5.56 Å². The molecule has 0 bridgehead atoms. The Hall–Kier alpha value is -7.01. The maximum absolute atomic E-state index is 13.8. The molecule has 4 aromatic rings. The number of hydroxylamine groups is 2. The summed E-state index contributed by atoms with van der Waals surface area (Å²) in [6.45, 7) is 9.91. The second kappa shape index (κ2) is 26.8. The molecule has 0 saturated carbocycles. The van der Waals surface area contributed by atoms with Crippen molar-refractivity contribution in [3.05, 3.63) is 113 Å². The highest BCUT2D eigenvalue weighted by molar-refractivity contribution is 6.00. The Morgan fingerprint density at radius 1 is 0.776 bits per heavy atom. The van der Waals surface area contributed by atoms with Gasteiger partial charge in [-0.2, -0.15) is 0 Å². The Kier molecular flexibility index (Phi) is 21.1. The lowest BCUT2D eigenvalue weighted by Gasteiger charge is -2.32. The van der Waals surface area contributed by atoms with E-state index in [0.29, 0.717) is 36.8 Å². The molecule has 0 fully saturated rings. The van der Waals surface area contributed by atoms with E-state index in [4.69, 9.17) is 28.2 Å². The number of ether oxygens (including phenoxy) is 4. The van der Waals surface area contributed by atoms with Crippen LogP contribution in [0.15, 0.2) is 95.4 Å². The summed E-state index contributed by atoms with van der Waals surface area (Å²) in [6, 6.07) is 23.4. The molecule has 360 valence electrons. The van der Waals surface area contributed by atoms with Gasteiger partial charge >= 0.3 is 17.9 Å². The van der Waals surface area contributed by atoms with Crippen LogP contribution >= 0.6 is 0 Å². The van der Waals surface area contributed by atoms with E-state index >= 15 is 0 Å². The summed E-state index contributed by atoms with van der Waals surface area (Å²) in [5, 5.41) is 8.97. The van der Waals surface area contributed by atoms with Crippen LogP contribution in [-0.2, 0) is 56.2 Å². The SMILES string of the molecule is CCCCCC(C(=O)NCNC(=O)c1ccc(-c2ccc(C(=O)N[C@@H](CC(=O)OCc3ccccc3)C(=O)OCc3ccccc3)c(OCC)c2)o1)[C@@H](CC)N(C=O)OCOC(=O)C(C)(C)C. The zero-order valence-electron chi connectivity index (χ0n) is 39.0. The summed E-state index contributed by atoms with van der Waals surface area (Å²) < 4.78 is 27.8. The monoisotopic (exact) mass is 926 g/mol. The summed E-state index contributed by atoms with van der Waals surface area (Å²) in [5.41, 5.74) is 1.19. The molecule has 3 aromatic carbocycles. The Morgan fingerprint density at radius 2 is 1.45 bits per heavy atom. The fourth-order valence-corrected chi connectivity index (χ4v) is 6.72. The van der Waals surface area contributed by atoms with E-state index in [0.717, 1.165) is 23.5 Å². The van der Waals surface area contributed by atoms with Crippen LogP contribution in [0.4, 0.5) is 0 Å². The van der Waals surface area contributed by atoms with Crippen LogP contribution in [-0.4, -0.2) is 79.3 Å². The van der Waals surface area contributed by atoms with Crippen molar-refractivity contribution >= 4 is 42.0 Å². The lowest BCUT2D eigenvalue weighted by atomic mass is 9.90. The fraction of sp³-hybridized carbons (Fsp3) is 0.420. The number of carbonyl (C=O) groups excluding carboxylic acids is 7. The maximum Gasteiger partial charge on any atom is 0.329 e. The molecule has 1 unspecified atom stereocenters. The number of rotatable bonds is 27. The van der Waals surface area contributed by atoms with E-state index in [1.165, 1.54) is 12.1 Å².